The highest BCUT2D eigenvalue weighted by Crippen LogP contribution is 2.44. The van der Waals surface area contributed by atoms with Gasteiger partial charge in [-0.2, -0.15) is 0 Å². The SMILES string of the molecule is COc1ccc(-c2nccn2C2CCN(c3ncccn3)CC2)c(OC)c1OC.O=CO. The molecule has 0 aliphatic carbocycles. The topological polar surface area (TPSA) is 112 Å². The van der Waals surface area contributed by atoms with Crippen LogP contribution in [0.15, 0.2) is 43.0 Å². The number of carboxylic acid groups (broad SMARTS) is 1. The molecule has 0 bridgehead atoms. The van der Waals surface area contributed by atoms with E-state index in [1.54, 1.807) is 33.7 Å². The van der Waals surface area contributed by atoms with Crippen molar-refractivity contribution in [3.63, 3.8) is 0 Å². The summed E-state index contributed by atoms with van der Waals surface area (Å²) in [4.78, 5) is 23.9. The number of benzene rings is 1. The Balaban J connectivity index is 0.000000913. The second-order valence-corrected chi connectivity index (χ2v) is 6.91. The Morgan fingerprint density at radius 3 is 2.22 bits per heavy atom. The van der Waals surface area contributed by atoms with Crippen molar-refractivity contribution >= 4 is 12.4 Å². The van der Waals surface area contributed by atoms with Gasteiger partial charge in [0.2, 0.25) is 11.7 Å². The molecule has 1 aromatic carbocycles. The van der Waals surface area contributed by atoms with E-state index in [2.05, 4.69) is 24.4 Å². The van der Waals surface area contributed by atoms with Crippen LogP contribution in [0.4, 0.5) is 5.95 Å². The Kier molecular flexibility index (Phi) is 7.85. The van der Waals surface area contributed by atoms with Crippen LogP contribution in [0, 0.1) is 0 Å². The first kappa shape index (κ1) is 22.9. The molecule has 0 radical (unpaired) electrons. The van der Waals surface area contributed by atoms with Gasteiger partial charge in [-0.1, -0.05) is 0 Å². The van der Waals surface area contributed by atoms with Gasteiger partial charge >= 0.3 is 0 Å². The van der Waals surface area contributed by atoms with Gasteiger partial charge in [0.1, 0.15) is 5.82 Å². The van der Waals surface area contributed by atoms with Crippen LogP contribution in [0.5, 0.6) is 17.2 Å². The van der Waals surface area contributed by atoms with Gasteiger partial charge in [0.15, 0.2) is 11.5 Å². The number of anilines is 1. The highest BCUT2D eigenvalue weighted by Gasteiger charge is 2.26. The van der Waals surface area contributed by atoms with Crippen LogP contribution < -0.4 is 19.1 Å². The number of hydrogen-bond donors (Lipinski definition) is 1. The summed E-state index contributed by atoms with van der Waals surface area (Å²) >= 11 is 0. The molecule has 1 fully saturated rings. The Morgan fingerprint density at radius 2 is 1.62 bits per heavy atom. The minimum Gasteiger partial charge on any atom is -0.493 e. The lowest BCUT2D eigenvalue weighted by molar-refractivity contribution is -0.122. The minimum absolute atomic E-state index is 0.250. The number of aromatic nitrogens is 4. The molecular weight excluding hydrogens is 414 g/mol. The molecule has 1 N–H and O–H groups in total. The molecular formula is C22H27N5O5. The van der Waals surface area contributed by atoms with Crippen molar-refractivity contribution < 1.29 is 24.1 Å². The summed E-state index contributed by atoms with van der Waals surface area (Å²) in [6.07, 6.45) is 9.40. The van der Waals surface area contributed by atoms with E-state index in [9.17, 15) is 0 Å². The Hall–Kier alpha value is -3.82. The number of methoxy groups -OCH3 is 3. The standard InChI is InChI=1S/C21H25N5O3.CH2O2/c1-27-17-6-5-16(18(28-2)19(17)29-3)20-22-11-14-26(20)15-7-12-25(13-8-15)21-23-9-4-10-24-21;2-1-3/h4-6,9-11,14-15H,7-8,12-13H2,1-3H3;1H,(H,2,3). The van der Waals surface area contributed by atoms with Crippen molar-refractivity contribution in [2.75, 3.05) is 39.3 Å². The third-order valence-corrected chi connectivity index (χ3v) is 5.31. The molecule has 10 nitrogen and oxygen atoms in total. The summed E-state index contributed by atoms with van der Waals surface area (Å²) in [6, 6.07) is 6.02. The number of ether oxygens (including phenoxy) is 3. The molecule has 1 saturated heterocycles. The second-order valence-electron chi connectivity index (χ2n) is 6.91. The van der Waals surface area contributed by atoms with E-state index in [0.29, 0.717) is 23.3 Å². The zero-order chi connectivity index (χ0) is 22.9. The van der Waals surface area contributed by atoms with Crippen molar-refractivity contribution in [1.29, 1.82) is 0 Å². The Bertz CT molecular complexity index is 1000. The van der Waals surface area contributed by atoms with Gasteiger partial charge in [0, 0.05) is 43.9 Å². The molecule has 4 rings (SSSR count). The summed E-state index contributed by atoms with van der Waals surface area (Å²) in [5.41, 5.74) is 0.879. The second kappa shape index (κ2) is 11.0. The maximum Gasteiger partial charge on any atom is 0.290 e. The highest BCUT2D eigenvalue weighted by molar-refractivity contribution is 5.72. The van der Waals surface area contributed by atoms with Crippen LogP contribution in [0.1, 0.15) is 18.9 Å². The molecule has 170 valence electrons. The lowest BCUT2D eigenvalue weighted by Crippen LogP contribution is -2.35. The normalized spacial score (nSPS) is 13.7. The third-order valence-electron chi connectivity index (χ3n) is 5.31. The van der Waals surface area contributed by atoms with E-state index in [4.69, 9.17) is 24.1 Å². The molecule has 0 spiro atoms. The highest BCUT2D eigenvalue weighted by atomic mass is 16.5. The molecule has 3 aromatic rings. The van der Waals surface area contributed by atoms with E-state index in [0.717, 1.165) is 43.3 Å². The summed E-state index contributed by atoms with van der Waals surface area (Å²) in [7, 11) is 4.85. The van der Waals surface area contributed by atoms with E-state index in [1.165, 1.54) is 0 Å². The lowest BCUT2D eigenvalue weighted by Gasteiger charge is -2.33. The summed E-state index contributed by atoms with van der Waals surface area (Å²) < 4.78 is 18.8. The molecule has 3 heterocycles. The fourth-order valence-electron chi connectivity index (χ4n) is 3.89. The monoisotopic (exact) mass is 441 g/mol. The lowest BCUT2D eigenvalue weighted by atomic mass is 10.0. The van der Waals surface area contributed by atoms with Crippen LogP contribution in [0.3, 0.4) is 0 Å². The van der Waals surface area contributed by atoms with Gasteiger partial charge in [-0.25, -0.2) is 15.0 Å². The Morgan fingerprint density at radius 1 is 0.969 bits per heavy atom. The van der Waals surface area contributed by atoms with Crippen LogP contribution in [-0.2, 0) is 4.79 Å². The van der Waals surface area contributed by atoms with Crippen LogP contribution in [-0.4, -0.2) is 65.5 Å². The zero-order valence-corrected chi connectivity index (χ0v) is 18.3. The average Bonchev–Trinajstić information content (AvgIpc) is 3.34. The first-order chi connectivity index (χ1) is 15.7. The Labute approximate surface area is 186 Å². The fourth-order valence-corrected chi connectivity index (χ4v) is 3.89. The van der Waals surface area contributed by atoms with E-state index in [1.807, 2.05) is 30.6 Å². The number of imidazole rings is 1. The van der Waals surface area contributed by atoms with E-state index in [-0.39, 0.29) is 6.47 Å². The largest absolute Gasteiger partial charge is 0.493 e. The molecule has 2 aromatic heterocycles. The van der Waals surface area contributed by atoms with E-state index >= 15 is 0 Å². The predicted octanol–water partition coefficient (Wildman–Crippen LogP) is 2.91. The smallest absolute Gasteiger partial charge is 0.290 e. The quantitative estimate of drug-likeness (QED) is 0.577. The molecule has 10 heteroatoms. The first-order valence-electron chi connectivity index (χ1n) is 10.1. The van der Waals surface area contributed by atoms with Gasteiger partial charge in [-0.3, -0.25) is 4.79 Å². The molecule has 32 heavy (non-hydrogen) atoms. The van der Waals surface area contributed by atoms with Gasteiger partial charge < -0.3 is 28.8 Å². The summed E-state index contributed by atoms with van der Waals surface area (Å²) in [5, 5.41) is 6.89. The maximum atomic E-state index is 8.36. The van der Waals surface area contributed by atoms with Crippen molar-refractivity contribution in [1.82, 2.24) is 19.5 Å². The number of nitrogens with zero attached hydrogens (tertiary/aromatic N) is 5. The number of rotatable bonds is 6. The summed E-state index contributed by atoms with van der Waals surface area (Å²) in [6.45, 7) is 1.55. The fraction of sp³-hybridized carbons (Fsp3) is 0.364. The van der Waals surface area contributed by atoms with Crippen LogP contribution >= 0.6 is 0 Å². The maximum absolute atomic E-state index is 8.36. The van der Waals surface area contributed by atoms with Crippen molar-refractivity contribution in [3.8, 4) is 28.6 Å². The predicted molar refractivity (Wildman–Crippen MR) is 119 cm³/mol. The van der Waals surface area contributed by atoms with Crippen molar-refractivity contribution in [2.24, 2.45) is 0 Å². The van der Waals surface area contributed by atoms with Gasteiger partial charge in [-0.05, 0) is 31.0 Å². The third kappa shape index (κ3) is 4.74. The number of hydrogen-bond acceptors (Lipinski definition) is 8. The minimum atomic E-state index is -0.250. The first-order valence-corrected chi connectivity index (χ1v) is 10.1. The number of piperidine rings is 1. The zero-order valence-electron chi connectivity index (χ0n) is 18.3. The average molecular weight is 441 g/mol. The van der Waals surface area contributed by atoms with Crippen molar-refractivity contribution in [3.05, 3.63) is 43.0 Å². The molecule has 0 saturated carbocycles. The number of carbonyl (C=O) groups is 1. The van der Waals surface area contributed by atoms with Crippen molar-refractivity contribution in [2.45, 2.75) is 18.9 Å². The van der Waals surface area contributed by atoms with Crippen LogP contribution in [0.2, 0.25) is 0 Å². The molecule has 0 amide bonds. The van der Waals surface area contributed by atoms with Gasteiger partial charge in [0.25, 0.3) is 6.47 Å². The van der Waals surface area contributed by atoms with Gasteiger partial charge in [-0.15, -0.1) is 0 Å². The molecule has 1 aliphatic heterocycles. The summed E-state index contributed by atoms with van der Waals surface area (Å²) in [5.74, 6) is 3.46. The molecule has 1 aliphatic rings. The van der Waals surface area contributed by atoms with E-state index < -0.39 is 0 Å². The van der Waals surface area contributed by atoms with Crippen LogP contribution in [0.25, 0.3) is 11.4 Å². The molecule has 0 unspecified atom stereocenters. The molecule has 0 atom stereocenters. The van der Waals surface area contributed by atoms with Gasteiger partial charge in [0.05, 0.1) is 26.9 Å².